The van der Waals surface area contributed by atoms with E-state index in [0.717, 1.165) is 43.0 Å². The largest absolute Gasteiger partial charge is 0.317 e. The molecule has 136 valence electrons. The Morgan fingerprint density at radius 2 is 1.85 bits per heavy atom. The summed E-state index contributed by atoms with van der Waals surface area (Å²) in [7, 11) is 0. The molecule has 1 aromatic carbocycles. The average Bonchev–Trinajstić information content (AvgIpc) is 3.35. The fourth-order valence-corrected chi connectivity index (χ4v) is 4.18. The number of hydrogen-bond donors (Lipinski definition) is 1. The molecule has 0 saturated carbocycles. The number of pyridine rings is 1. The first kappa shape index (κ1) is 16.5. The summed E-state index contributed by atoms with van der Waals surface area (Å²) in [5.41, 5.74) is 3.41. The van der Waals surface area contributed by atoms with Crippen molar-refractivity contribution in [2.45, 2.75) is 18.8 Å². The van der Waals surface area contributed by atoms with Gasteiger partial charge in [0.25, 0.3) is 0 Å². The number of halogens is 1. The van der Waals surface area contributed by atoms with Crippen LogP contribution in [0.1, 0.15) is 24.3 Å². The van der Waals surface area contributed by atoms with E-state index in [-0.39, 0.29) is 0 Å². The monoisotopic (exact) mass is 378 g/mol. The van der Waals surface area contributed by atoms with Gasteiger partial charge in [-0.1, -0.05) is 11.6 Å². The summed E-state index contributed by atoms with van der Waals surface area (Å²) >= 11 is 6.13. The van der Waals surface area contributed by atoms with Crippen LogP contribution in [-0.4, -0.2) is 37.4 Å². The molecular weight excluding hydrogens is 360 g/mol. The molecular formula is C20H19ClN6. The summed E-state index contributed by atoms with van der Waals surface area (Å²) in [6.07, 6.45) is 9.33. The lowest BCUT2D eigenvalue weighted by atomic mass is 9.89. The standard InChI is InChI=1S/C20H19ClN6/c21-15-1-3-16(4-2-15)27-18-11-23-10-7-17(18)19(14-5-8-22-9-6-14)20(27)26-13-24-12-25-26/h1-4,7,10-14,22H,5-6,8-9H2. The van der Waals surface area contributed by atoms with Crippen molar-refractivity contribution in [2.75, 3.05) is 13.1 Å². The molecule has 1 fully saturated rings. The molecule has 0 spiro atoms. The van der Waals surface area contributed by atoms with E-state index in [1.165, 1.54) is 10.9 Å². The number of aromatic nitrogens is 5. The number of nitrogens with zero attached hydrogens (tertiary/aromatic N) is 5. The van der Waals surface area contributed by atoms with Crippen LogP contribution in [-0.2, 0) is 0 Å². The van der Waals surface area contributed by atoms with Crippen LogP contribution in [0.4, 0.5) is 0 Å². The molecule has 5 rings (SSSR count). The van der Waals surface area contributed by atoms with Gasteiger partial charge in [-0.05, 0) is 62.2 Å². The third kappa shape index (κ3) is 2.81. The minimum atomic E-state index is 0.462. The van der Waals surface area contributed by atoms with Gasteiger partial charge in [-0.2, -0.15) is 5.10 Å². The van der Waals surface area contributed by atoms with Crippen LogP contribution in [0.5, 0.6) is 0 Å². The first-order valence-electron chi connectivity index (χ1n) is 9.13. The van der Waals surface area contributed by atoms with Gasteiger partial charge in [0.05, 0.1) is 11.7 Å². The third-order valence-corrected chi connectivity index (χ3v) is 5.50. The maximum atomic E-state index is 6.13. The van der Waals surface area contributed by atoms with Crippen molar-refractivity contribution >= 4 is 22.5 Å². The molecule has 1 aliphatic rings. The van der Waals surface area contributed by atoms with E-state index in [1.54, 1.807) is 12.7 Å². The van der Waals surface area contributed by atoms with Crippen LogP contribution in [0.25, 0.3) is 22.4 Å². The molecule has 27 heavy (non-hydrogen) atoms. The van der Waals surface area contributed by atoms with Gasteiger partial charge in [-0.3, -0.25) is 9.55 Å². The number of rotatable bonds is 3. The Hall–Kier alpha value is -2.70. The van der Waals surface area contributed by atoms with Crippen LogP contribution in [0.2, 0.25) is 5.02 Å². The molecule has 4 heterocycles. The zero-order valence-corrected chi connectivity index (χ0v) is 15.5. The summed E-state index contributed by atoms with van der Waals surface area (Å²) < 4.78 is 4.08. The number of piperidine rings is 1. The van der Waals surface area contributed by atoms with Gasteiger partial charge in [0.15, 0.2) is 0 Å². The van der Waals surface area contributed by atoms with Crippen LogP contribution in [0, 0.1) is 0 Å². The lowest BCUT2D eigenvalue weighted by molar-refractivity contribution is 0.460. The molecule has 1 N–H and O–H groups in total. The molecule has 0 radical (unpaired) electrons. The van der Waals surface area contributed by atoms with Crippen molar-refractivity contribution in [3.63, 3.8) is 0 Å². The van der Waals surface area contributed by atoms with Crippen LogP contribution in [0.3, 0.4) is 0 Å². The lowest BCUT2D eigenvalue weighted by Crippen LogP contribution is -2.27. The topological polar surface area (TPSA) is 60.6 Å². The highest BCUT2D eigenvalue weighted by Gasteiger charge is 2.27. The number of nitrogens with one attached hydrogen (secondary N) is 1. The Bertz CT molecular complexity index is 1060. The van der Waals surface area contributed by atoms with Crippen molar-refractivity contribution in [2.24, 2.45) is 0 Å². The quantitative estimate of drug-likeness (QED) is 0.590. The van der Waals surface area contributed by atoms with E-state index in [2.05, 4.69) is 31.0 Å². The second-order valence-electron chi connectivity index (χ2n) is 6.81. The molecule has 1 aliphatic heterocycles. The highest BCUT2D eigenvalue weighted by atomic mass is 35.5. The predicted molar refractivity (Wildman–Crippen MR) is 106 cm³/mol. The van der Waals surface area contributed by atoms with Gasteiger partial charge in [0, 0.05) is 27.9 Å². The molecule has 0 atom stereocenters. The zero-order valence-electron chi connectivity index (χ0n) is 14.7. The fraction of sp³-hybridized carbons (Fsp3) is 0.250. The van der Waals surface area contributed by atoms with Crippen molar-refractivity contribution in [3.05, 3.63) is 66.0 Å². The van der Waals surface area contributed by atoms with Gasteiger partial charge >= 0.3 is 0 Å². The third-order valence-electron chi connectivity index (χ3n) is 5.25. The SMILES string of the molecule is Clc1ccc(-n2c(-n3cncn3)c(C3CCNCC3)c3ccncc32)cc1. The summed E-state index contributed by atoms with van der Waals surface area (Å²) in [6.45, 7) is 2.06. The Kier molecular flexibility index (Phi) is 4.14. The van der Waals surface area contributed by atoms with Gasteiger partial charge in [0.2, 0.25) is 0 Å². The Labute approximate surface area is 161 Å². The highest BCUT2D eigenvalue weighted by molar-refractivity contribution is 6.30. The van der Waals surface area contributed by atoms with E-state index in [9.17, 15) is 0 Å². The first-order chi connectivity index (χ1) is 13.3. The van der Waals surface area contributed by atoms with Gasteiger partial charge < -0.3 is 5.32 Å². The molecule has 6 nitrogen and oxygen atoms in total. The van der Waals surface area contributed by atoms with E-state index >= 15 is 0 Å². The summed E-state index contributed by atoms with van der Waals surface area (Å²) in [5, 5.41) is 9.86. The fourth-order valence-electron chi connectivity index (χ4n) is 4.06. The van der Waals surface area contributed by atoms with Crippen molar-refractivity contribution in [1.82, 2.24) is 29.6 Å². The average molecular weight is 379 g/mol. The summed E-state index contributed by atoms with van der Waals surface area (Å²) in [4.78, 5) is 8.59. The Morgan fingerprint density at radius 3 is 2.59 bits per heavy atom. The van der Waals surface area contributed by atoms with E-state index in [0.29, 0.717) is 10.9 Å². The second-order valence-corrected chi connectivity index (χ2v) is 7.24. The minimum absolute atomic E-state index is 0.462. The molecule has 0 amide bonds. The minimum Gasteiger partial charge on any atom is -0.317 e. The first-order valence-corrected chi connectivity index (χ1v) is 9.50. The maximum Gasteiger partial charge on any atom is 0.145 e. The van der Waals surface area contributed by atoms with Gasteiger partial charge in [-0.15, -0.1) is 0 Å². The molecule has 0 bridgehead atoms. The van der Waals surface area contributed by atoms with Crippen molar-refractivity contribution in [1.29, 1.82) is 0 Å². The number of fused-ring (bicyclic) bond motifs is 1. The zero-order chi connectivity index (χ0) is 18.2. The molecule has 0 aliphatic carbocycles. The molecule has 1 saturated heterocycles. The summed E-state index contributed by atoms with van der Waals surface area (Å²) in [5.74, 6) is 1.49. The second kappa shape index (κ2) is 6.79. The van der Waals surface area contributed by atoms with Crippen LogP contribution in [0.15, 0.2) is 55.4 Å². The van der Waals surface area contributed by atoms with E-state index in [1.807, 2.05) is 41.3 Å². The van der Waals surface area contributed by atoms with Crippen LogP contribution < -0.4 is 5.32 Å². The molecule has 0 unspecified atom stereocenters. The van der Waals surface area contributed by atoms with E-state index < -0.39 is 0 Å². The van der Waals surface area contributed by atoms with Gasteiger partial charge in [0.1, 0.15) is 18.5 Å². The molecule has 4 aromatic rings. The Balaban J connectivity index is 1.85. The smallest absolute Gasteiger partial charge is 0.145 e. The van der Waals surface area contributed by atoms with Crippen LogP contribution >= 0.6 is 11.6 Å². The number of benzene rings is 1. The normalized spacial score (nSPS) is 15.4. The van der Waals surface area contributed by atoms with E-state index in [4.69, 9.17) is 11.6 Å². The van der Waals surface area contributed by atoms with Gasteiger partial charge in [-0.25, -0.2) is 9.67 Å². The molecule has 7 heteroatoms. The highest BCUT2D eigenvalue weighted by Crippen LogP contribution is 2.39. The molecule has 3 aromatic heterocycles. The Morgan fingerprint density at radius 1 is 1.04 bits per heavy atom. The van der Waals surface area contributed by atoms with Crippen molar-refractivity contribution in [3.8, 4) is 11.5 Å². The maximum absolute atomic E-state index is 6.13. The van der Waals surface area contributed by atoms with Crippen molar-refractivity contribution < 1.29 is 0 Å². The predicted octanol–water partition coefficient (Wildman–Crippen LogP) is 3.73. The summed E-state index contributed by atoms with van der Waals surface area (Å²) in [6, 6.07) is 9.99. The number of hydrogen-bond acceptors (Lipinski definition) is 4. The lowest BCUT2D eigenvalue weighted by Gasteiger charge is -2.24.